The lowest BCUT2D eigenvalue weighted by Crippen LogP contribution is -2.13. The summed E-state index contributed by atoms with van der Waals surface area (Å²) in [7, 11) is 0. The first-order chi connectivity index (χ1) is 10.6. The van der Waals surface area contributed by atoms with E-state index in [0.29, 0.717) is 11.3 Å². The van der Waals surface area contributed by atoms with Crippen molar-refractivity contribution in [2.24, 2.45) is 0 Å². The van der Waals surface area contributed by atoms with Gasteiger partial charge in [0, 0.05) is 5.56 Å². The lowest BCUT2D eigenvalue weighted by Gasteiger charge is -2.16. The molecule has 0 radical (unpaired) electrons. The zero-order valence-electron chi connectivity index (χ0n) is 12.4. The average Bonchev–Trinajstić information content (AvgIpc) is 2.55. The van der Waals surface area contributed by atoms with Gasteiger partial charge < -0.3 is 14.6 Å². The summed E-state index contributed by atoms with van der Waals surface area (Å²) in [6.07, 6.45) is -0.854. The zero-order chi connectivity index (χ0) is 15.9. The third-order valence-electron chi connectivity index (χ3n) is 3.07. The summed E-state index contributed by atoms with van der Waals surface area (Å²) in [6, 6.07) is 16.2. The zero-order valence-corrected chi connectivity index (χ0v) is 12.4. The Morgan fingerprint density at radius 1 is 1.14 bits per heavy atom. The van der Waals surface area contributed by atoms with Crippen LogP contribution in [0.25, 0.3) is 0 Å². The minimum absolute atomic E-state index is 0.116. The molecule has 0 saturated carbocycles. The van der Waals surface area contributed by atoms with Crippen molar-refractivity contribution in [2.45, 2.75) is 13.0 Å². The number of ether oxygens (including phenoxy) is 2. The van der Waals surface area contributed by atoms with Gasteiger partial charge in [0.2, 0.25) is 5.76 Å². The van der Waals surface area contributed by atoms with Crippen LogP contribution < -0.4 is 4.74 Å². The van der Waals surface area contributed by atoms with Crippen molar-refractivity contribution in [1.82, 2.24) is 0 Å². The predicted octanol–water partition coefficient (Wildman–Crippen LogP) is 3.22. The van der Waals surface area contributed by atoms with Crippen LogP contribution in [0.1, 0.15) is 24.2 Å². The second kappa shape index (κ2) is 7.43. The smallest absolute Gasteiger partial charge is 0.373 e. The number of hydrogen-bond donors (Lipinski definition) is 1. The number of para-hydroxylation sites is 1. The number of carbonyl (C=O) groups excluding carboxylic acids is 1. The number of carbonyl (C=O) groups is 1. The Bertz CT molecular complexity index is 649. The molecule has 0 saturated heterocycles. The molecule has 1 N–H and O–H groups in total. The first-order valence-electron chi connectivity index (χ1n) is 6.99. The third-order valence-corrected chi connectivity index (χ3v) is 3.07. The molecule has 22 heavy (non-hydrogen) atoms. The Balaban J connectivity index is 2.24. The quantitative estimate of drug-likeness (QED) is 0.505. The van der Waals surface area contributed by atoms with Crippen molar-refractivity contribution in [3.63, 3.8) is 0 Å². The van der Waals surface area contributed by atoms with Crippen LogP contribution >= 0.6 is 0 Å². The summed E-state index contributed by atoms with van der Waals surface area (Å²) in [4.78, 5) is 11.6. The number of benzene rings is 2. The number of rotatable bonds is 6. The fourth-order valence-electron chi connectivity index (χ4n) is 2.00. The molecule has 0 fully saturated rings. The number of esters is 1. The molecule has 0 aliphatic heterocycles. The molecule has 2 aromatic carbocycles. The summed E-state index contributed by atoms with van der Waals surface area (Å²) in [5, 5.41) is 10.5. The third kappa shape index (κ3) is 3.74. The van der Waals surface area contributed by atoms with Gasteiger partial charge in [-0.2, -0.15) is 0 Å². The Hall–Kier alpha value is -2.59. The number of hydrogen-bond acceptors (Lipinski definition) is 4. The molecule has 1 unspecified atom stereocenters. The van der Waals surface area contributed by atoms with Crippen LogP contribution in [0.3, 0.4) is 0 Å². The van der Waals surface area contributed by atoms with E-state index in [2.05, 4.69) is 6.58 Å². The van der Waals surface area contributed by atoms with Gasteiger partial charge in [-0.05, 0) is 25.1 Å². The number of aliphatic hydroxyl groups excluding tert-OH is 1. The molecular weight excluding hydrogens is 280 g/mol. The van der Waals surface area contributed by atoms with Crippen molar-refractivity contribution in [2.75, 3.05) is 6.61 Å². The molecule has 0 spiro atoms. The van der Waals surface area contributed by atoms with Crippen LogP contribution in [-0.4, -0.2) is 17.7 Å². The van der Waals surface area contributed by atoms with Gasteiger partial charge in [-0.3, -0.25) is 0 Å². The summed E-state index contributed by atoms with van der Waals surface area (Å²) in [5.41, 5.74) is 1.29. The van der Waals surface area contributed by atoms with Gasteiger partial charge in [0.15, 0.2) is 0 Å². The van der Waals surface area contributed by atoms with Crippen molar-refractivity contribution < 1.29 is 19.4 Å². The highest BCUT2D eigenvalue weighted by molar-refractivity contribution is 5.86. The van der Waals surface area contributed by atoms with E-state index in [-0.39, 0.29) is 12.4 Å². The van der Waals surface area contributed by atoms with E-state index >= 15 is 0 Å². The highest BCUT2D eigenvalue weighted by Crippen LogP contribution is 2.30. The molecule has 2 aromatic rings. The van der Waals surface area contributed by atoms with Gasteiger partial charge in [0.25, 0.3) is 0 Å². The predicted molar refractivity (Wildman–Crippen MR) is 83.3 cm³/mol. The van der Waals surface area contributed by atoms with E-state index in [0.717, 1.165) is 5.56 Å². The van der Waals surface area contributed by atoms with Crippen LogP contribution in [-0.2, 0) is 9.53 Å². The van der Waals surface area contributed by atoms with Crippen molar-refractivity contribution in [3.8, 4) is 5.75 Å². The Kier molecular flexibility index (Phi) is 5.33. The molecule has 0 heterocycles. The van der Waals surface area contributed by atoms with Crippen molar-refractivity contribution in [3.05, 3.63) is 78.1 Å². The fraction of sp³-hybridized carbons (Fsp3) is 0.167. The lowest BCUT2D eigenvalue weighted by atomic mass is 10.0. The summed E-state index contributed by atoms with van der Waals surface area (Å²) in [6.45, 7) is 5.52. The Morgan fingerprint density at radius 2 is 1.77 bits per heavy atom. The molecule has 114 valence electrons. The Morgan fingerprint density at radius 3 is 2.45 bits per heavy atom. The normalized spacial score (nSPS) is 11.5. The Labute approximate surface area is 129 Å². The number of aliphatic hydroxyl groups is 1. The van der Waals surface area contributed by atoms with Crippen LogP contribution in [0.2, 0.25) is 0 Å². The first kappa shape index (κ1) is 15.8. The van der Waals surface area contributed by atoms with Gasteiger partial charge in [-0.25, -0.2) is 4.79 Å². The first-order valence-corrected chi connectivity index (χ1v) is 6.99. The summed E-state index contributed by atoms with van der Waals surface area (Å²) < 4.78 is 10.3. The molecule has 4 nitrogen and oxygen atoms in total. The van der Waals surface area contributed by atoms with Gasteiger partial charge in [0.05, 0.1) is 6.61 Å². The molecule has 1 atom stereocenters. The van der Waals surface area contributed by atoms with E-state index in [4.69, 9.17) is 9.47 Å². The van der Waals surface area contributed by atoms with Crippen LogP contribution in [0.4, 0.5) is 0 Å². The SMILES string of the molecule is C=C(Oc1ccccc1C(O)c1ccccc1)C(=O)OCC. The van der Waals surface area contributed by atoms with Gasteiger partial charge in [-0.1, -0.05) is 48.5 Å². The van der Waals surface area contributed by atoms with Gasteiger partial charge >= 0.3 is 5.97 Å². The van der Waals surface area contributed by atoms with Crippen LogP contribution in [0, 0.1) is 0 Å². The standard InChI is InChI=1S/C18H18O4/c1-3-21-18(20)13(2)22-16-12-8-7-11-15(16)17(19)14-9-5-4-6-10-14/h4-12,17,19H,2-3H2,1H3. The molecule has 2 rings (SSSR count). The van der Waals surface area contributed by atoms with E-state index in [1.807, 2.05) is 30.3 Å². The molecule has 0 bridgehead atoms. The monoisotopic (exact) mass is 298 g/mol. The molecule has 4 heteroatoms. The molecule has 0 aliphatic rings. The van der Waals surface area contributed by atoms with E-state index in [9.17, 15) is 9.90 Å². The van der Waals surface area contributed by atoms with Gasteiger partial charge in [0.1, 0.15) is 11.9 Å². The maximum absolute atomic E-state index is 11.6. The topological polar surface area (TPSA) is 55.8 Å². The lowest BCUT2D eigenvalue weighted by molar-refractivity contribution is -0.140. The highest BCUT2D eigenvalue weighted by Gasteiger charge is 2.18. The molecular formula is C18H18O4. The fourth-order valence-corrected chi connectivity index (χ4v) is 2.00. The van der Waals surface area contributed by atoms with E-state index < -0.39 is 12.1 Å². The molecule has 0 aromatic heterocycles. The van der Waals surface area contributed by atoms with Crippen LogP contribution in [0.5, 0.6) is 5.75 Å². The minimum Gasteiger partial charge on any atom is -0.460 e. The highest BCUT2D eigenvalue weighted by atomic mass is 16.6. The van der Waals surface area contributed by atoms with E-state index in [1.165, 1.54) is 0 Å². The second-order valence-corrected chi connectivity index (χ2v) is 4.60. The molecule has 0 amide bonds. The maximum Gasteiger partial charge on any atom is 0.373 e. The summed E-state index contributed by atoms with van der Waals surface area (Å²) in [5.74, 6) is -0.363. The van der Waals surface area contributed by atoms with Gasteiger partial charge in [-0.15, -0.1) is 0 Å². The minimum atomic E-state index is -0.854. The van der Waals surface area contributed by atoms with Crippen molar-refractivity contribution >= 4 is 5.97 Å². The maximum atomic E-state index is 11.6. The van der Waals surface area contributed by atoms with Crippen molar-refractivity contribution in [1.29, 1.82) is 0 Å². The van der Waals surface area contributed by atoms with E-state index in [1.54, 1.807) is 31.2 Å². The largest absolute Gasteiger partial charge is 0.460 e. The molecule has 0 aliphatic carbocycles. The van der Waals surface area contributed by atoms with Crippen LogP contribution in [0.15, 0.2) is 66.9 Å². The second-order valence-electron chi connectivity index (χ2n) is 4.60. The average molecular weight is 298 g/mol. The summed E-state index contributed by atoms with van der Waals surface area (Å²) >= 11 is 0.